The molecule has 8 heteroatoms. The Morgan fingerprint density at radius 2 is 1.65 bits per heavy atom. The van der Waals surface area contributed by atoms with Gasteiger partial charge in [0.05, 0.1) is 11.0 Å². The van der Waals surface area contributed by atoms with Gasteiger partial charge in [0.15, 0.2) is 0 Å². The Labute approximate surface area is 183 Å². The molecule has 1 N–H and O–H groups in total. The van der Waals surface area contributed by atoms with Crippen LogP contribution in [0.2, 0.25) is 0 Å². The molecule has 1 saturated heterocycles. The molecule has 0 bridgehead atoms. The second-order valence-electron chi connectivity index (χ2n) is 7.55. The topological polar surface area (TPSA) is 82.0 Å². The first-order valence-electron chi connectivity index (χ1n) is 10.8. The van der Waals surface area contributed by atoms with Crippen molar-refractivity contribution in [2.75, 3.05) is 50.7 Å². The fourth-order valence-corrected chi connectivity index (χ4v) is 4.13. The molecule has 1 fully saturated rings. The van der Waals surface area contributed by atoms with Crippen LogP contribution in [-0.2, 0) is 0 Å². The highest BCUT2D eigenvalue weighted by Gasteiger charge is 2.26. The third kappa shape index (κ3) is 5.52. The Kier molecular flexibility index (Phi) is 7.83. The number of nitrogens with one attached hydrogen (secondary N) is 1. The minimum absolute atomic E-state index is 0.0877. The number of nitro groups is 1. The first kappa shape index (κ1) is 22.6. The van der Waals surface area contributed by atoms with Crippen LogP contribution in [0, 0.1) is 10.1 Å². The van der Waals surface area contributed by atoms with E-state index in [4.69, 9.17) is 0 Å². The van der Waals surface area contributed by atoms with Crippen molar-refractivity contribution in [1.82, 2.24) is 15.1 Å². The SMILES string of the molecule is CCN(CC)C(CNC(=O)N1CCN(c2ccccc2[N+](=O)[O-])CC1)c1ccccc1. The van der Waals surface area contributed by atoms with Gasteiger partial charge in [-0.3, -0.25) is 15.0 Å². The molecule has 3 rings (SSSR count). The van der Waals surface area contributed by atoms with E-state index in [1.165, 1.54) is 11.6 Å². The Morgan fingerprint density at radius 3 is 2.26 bits per heavy atom. The number of nitro benzene ring substituents is 1. The molecule has 1 aliphatic rings. The van der Waals surface area contributed by atoms with Gasteiger partial charge in [-0.25, -0.2) is 4.79 Å². The van der Waals surface area contributed by atoms with Crippen LogP contribution >= 0.6 is 0 Å². The summed E-state index contributed by atoms with van der Waals surface area (Å²) in [7, 11) is 0. The predicted octanol–water partition coefficient (Wildman–Crippen LogP) is 3.51. The second kappa shape index (κ2) is 10.8. The van der Waals surface area contributed by atoms with Crippen molar-refractivity contribution in [1.29, 1.82) is 0 Å². The largest absolute Gasteiger partial charge is 0.362 e. The number of benzene rings is 2. The van der Waals surface area contributed by atoms with Gasteiger partial charge in [0.1, 0.15) is 5.69 Å². The normalized spacial score (nSPS) is 15.1. The highest BCUT2D eigenvalue weighted by Crippen LogP contribution is 2.28. The summed E-state index contributed by atoms with van der Waals surface area (Å²) in [5.41, 5.74) is 1.90. The maximum atomic E-state index is 12.8. The molecule has 0 aromatic heterocycles. The number of anilines is 1. The zero-order valence-electron chi connectivity index (χ0n) is 18.2. The molecule has 0 spiro atoms. The molecule has 0 saturated carbocycles. The van der Waals surface area contributed by atoms with E-state index in [9.17, 15) is 14.9 Å². The van der Waals surface area contributed by atoms with Crippen LogP contribution in [0.3, 0.4) is 0 Å². The Bertz CT molecular complexity index is 865. The molecule has 2 amide bonds. The molecular weight excluding hydrogens is 394 g/mol. The summed E-state index contributed by atoms with van der Waals surface area (Å²) in [6.07, 6.45) is 0. The molecular formula is C23H31N5O3. The van der Waals surface area contributed by atoms with Crippen molar-refractivity contribution >= 4 is 17.4 Å². The smallest absolute Gasteiger partial charge is 0.317 e. The van der Waals surface area contributed by atoms with Crippen LogP contribution in [0.25, 0.3) is 0 Å². The van der Waals surface area contributed by atoms with Gasteiger partial charge in [-0.1, -0.05) is 56.3 Å². The monoisotopic (exact) mass is 425 g/mol. The van der Waals surface area contributed by atoms with Gasteiger partial charge in [-0.05, 0) is 24.7 Å². The van der Waals surface area contributed by atoms with Gasteiger partial charge in [0, 0.05) is 38.8 Å². The molecule has 8 nitrogen and oxygen atoms in total. The van der Waals surface area contributed by atoms with Gasteiger partial charge < -0.3 is 15.1 Å². The number of hydrogen-bond donors (Lipinski definition) is 1. The highest BCUT2D eigenvalue weighted by atomic mass is 16.6. The second-order valence-corrected chi connectivity index (χ2v) is 7.55. The van der Waals surface area contributed by atoms with E-state index >= 15 is 0 Å². The average molecular weight is 426 g/mol. The van der Waals surface area contributed by atoms with E-state index in [0.29, 0.717) is 38.4 Å². The summed E-state index contributed by atoms with van der Waals surface area (Å²) in [4.78, 5) is 29.9. The van der Waals surface area contributed by atoms with Gasteiger partial charge >= 0.3 is 6.03 Å². The summed E-state index contributed by atoms with van der Waals surface area (Å²) in [5.74, 6) is 0. The van der Waals surface area contributed by atoms with Crippen LogP contribution in [0.15, 0.2) is 54.6 Å². The zero-order chi connectivity index (χ0) is 22.2. The standard InChI is InChI=1S/C23H31N5O3/c1-3-25(4-2)22(19-10-6-5-7-11-19)18-24-23(29)27-16-14-26(15-17-27)20-12-8-9-13-21(20)28(30)31/h5-13,22H,3-4,14-18H2,1-2H3,(H,24,29). The number of carbonyl (C=O) groups is 1. The molecule has 0 radical (unpaired) electrons. The van der Waals surface area contributed by atoms with Crippen molar-refractivity contribution in [2.24, 2.45) is 0 Å². The Hall–Kier alpha value is -3.13. The molecule has 1 unspecified atom stereocenters. The van der Waals surface area contributed by atoms with Crippen molar-refractivity contribution < 1.29 is 9.72 Å². The molecule has 1 aliphatic heterocycles. The molecule has 166 valence electrons. The molecule has 2 aromatic rings. The lowest BCUT2D eigenvalue weighted by molar-refractivity contribution is -0.384. The van der Waals surface area contributed by atoms with Crippen molar-refractivity contribution in [3.63, 3.8) is 0 Å². The van der Waals surface area contributed by atoms with Crippen molar-refractivity contribution in [3.05, 3.63) is 70.3 Å². The minimum Gasteiger partial charge on any atom is -0.362 e. The summed E-state index contributed by atoms with van der Waals surface area (Å²) in [5, 5.41) is 14.4. The third-order valence-electron chi connectivity index (χ3n) is 5.87. The van der Waals surface area contributed by atoms with Gasteiger partial charge in [-0.15, -0.1) is 0 Å². The highest BCUT2D eigenvalue weighted by molar-refractivity contribution is 5.75. The number of carbonyl (C=O) groups excluding carboxylic acids is 1. The number of rotatable bonds is 8. The minimum atomic E-state index is -0.356. The maximum Gasteiger partial charge on any atom is 0.317 e. The number of likely N-dealkylation sites (N-methyl/N-ethyl adjacent to an activating group) is 1. The fourth-order valence-electron chi connectivity index (χ4n) is 4.13. The number of nitrogens with zero attached hydrogens (tertiary/aromatic N) is 4. The number of piperazine rings is 1. The van der Waals surface area contributed by atoms with E-state index in [0.717, 1.165) is 13.1 Å². The molecule has 1 atom stereocenters. The number of para-hydroxylation sites is 2. The number of hydrogen-bond acceptors (Lipinski definition) is 5. The van der Waals surface area contributed by atoms with Crippen LogP contribution < -0.4 is 10.2 Å². The molecule has 2 aromatic carbocycles. The van der Waals surface area contributed by atoms with Gasteiger partial charge in [-0.2, -0.15) is 0 Å². The molecule has 0 aliphatic carbocycles. The van der Waals surface area contributed by atoms with E-state index in [2.05, 4.69) is 36.2 Å². The molecule has 1 heterocycles. The van der Waals surface area contributed by atoms with E-state index in [-0.39, 0.29) is 22.7 Å². The Balaban J connectivity index is 1.59. The number of urea groups is 1. The van der Waals surface area contributed by atoms with Crippen LogP contribution in [0.4, 0.5) is 16.2 Å². The lowest BCUT2D eigenvalue weighted by atomic mass is 10.1. The first-order valence-corrected chi connectivity index (χ1v) is 10.8. The summed E-state index contributed by atoms with van der Waals surface area (Å²) in [6, 6.07) is 17.0. The van der Waals surface area contributed by atoms with Crippen LogP contribution in [0.5, 0.6) is 0 Å². The quantitative estimate of drug-likeness (QED) is 0.517. The predicted molar refractivity (Wildman–Crippen MR) is 122 cm³/mol. The van der Waals surface area contributed by atoms with E-state index in [1.54, 1.807) is 23.1 Å². The first-order chi connectivity index (χ1) is 15.0. The van der Waals surface area contributed by atoms with E-state index < -0.39 is 0 Å². The number of amides is 2. The molecule has 31 heavy (non-hydrogen) atoms. The fraction of sp³-hybridized carbons (Fsp3) is 0.435. The van der Waals surface area contributed by atoms with Gasteiger partial charge in [0.2, 0.25) is 0 Å². The lowest BCUT2D eigenvalue weighted by Crippen LogP contribution is -2.53. The third-order valence-corrected chi connectivity index (χ3v) is 5.87. The Morgan fingerprint density at radius 1 is 1.03 bits per heavy atom. The lowest BCUT2D eigenvalue weighted by Gasteiger charge is -2.36. The van der Waals surface area contributed by atoms with Crippen molar-refractivity contribution in [2.45, 2.75) is 19.9 Å². The average Bonchev–Trinajstić information content (AvgIpc) is 2.82. The van der Waals surface area contributed by atoms with E-state index in [1.807, 2.05) is 23.1 Å². The van der Waals surface area contributed by atoms with Gasteiger partial charge in [0.25, 0.3) is 5.69 Å². The van der Waals surface area contributed by atoms with Crippen LogP contribution in [0.1, 0.15) is 25.5 Å². The summed E-state index contributed by atoms with van der Waals surface area (Å²) in [6.45, 7) is 8.79. The zero-order valence-corrected chi connectivity index (χ0v) is 18.2. The van der Waals surface area contributed by atoms with Crippen molar-refractivity contribution in [3.8, 4) is 0 Å². The van der Waals surface area contributed by atoms with Crippen LogP contribution in [-0.4, -0.2) is 66.6 Å². The summed E-state index contributed by atoms with van der Waals surface area (Å²) >= 11 is 0. The maximum absolute atomic E-state index is 12.8. The summed E-state index contributed by atoms with van der Waals surface area (Å²) < 4.78 is 0.